The molecule has 0 aliphatic carbocycles. The first-order valence-corrected chi connectivity index (χ1v) is 6.96. The molecule has 2 aromatic heterocycles. The average molecular weight is 311 g/mol. The number of rotatable bonds is 3. The molecule has 8 nitrogen and oxygen atoms in total. The van der Waals surface area contributed by atoms with Gasteiger partial charge in [-0.15, -0.1) is 0 Å². The first-order valence-electron chi connectivity index (χ1n) is 6.58. The van der Waals surface area contributed by atoms with Crippen molar-refractivity contribution in [3.05, 3.63) is 23.7 Å². The van der Waals surface area contributed by atoms with Gasteiger partial charge in [0.2, 0.25) is 11.2 Å². The number of anilines is 1. The number of morpholine rings is 1. The van der Waals surface area contributed by atoms with Gasteiger partial charge in [-0.25, -0.2) is 4.68 Å². The van der Waals surface area contributed by atoms with E-state index < -0.39 is 0 Å². The summed E-state index contributed by atoms with van der Waals surface area (Å²) in [7, 11) is 0. The third-order valence-corrected chi connectivity index (χ3v) is 3.43. The monoisotopic (exact) mass is 310 g/mol. The maximum absolute atomic E-state index is 9.26. The van der Waals surface area contributed by atoms with Crippen molar-refractivity contribution in [1.82, 2.24) is 24.7 Å². The molecule has 0 amide bonds. The predicted octanol–water partition coefficient (Wildman–Crippen LogP) is 0.297. The van der Waals surface area contributed by atoms with Crippen molar-refractivity contribution in [2.45, 2.75) is 19.1 Å². The van der Waals surface area contributed by atoms with Gasteiger partial charge in [-0.2, -0.15) is 20.1 Å². The summed E-state index contributed by atoms with van der Waals surface area (Å²) in [4.78, 5) is 14.6. The zero-order valence-corrected chi connectivity index (χ0v) is 12.2. The third-order valence-electron chi connectivity index (χ3n) is 3.26. The van der Waals surface area contributed by atoms with Crippen LogP contribution >= 0.6 is 11.6 Å². The molecule has 112 valence electrons. The van der Waals surface area contributed by atoms with Crippen LogP contribution in [-0.4, -0.2) is 61.7 Å². The van der Waals surface area contributed by atoms with Gasteiger partial charge in [0.1, 0.15) is 0 Å². The van der Waals surface area contributed by atoms with Crippen molar-refractivity contribution in [3.8, 4) is 5.95 Å². The molecule has 0 saturated carbocycles. The van der Waals surface area contributed by atoms with Gasteiger partial charge in [0.15, 0.2) is 0 Å². The van der Waals surface area contributed by atoms with Crippen molar-refractivity contribution in [2.24, 2.45) is 0 Å². The minimum Gasteiger partial charge on any atom is -0.394 e. The van der Waals surface area contributed by atoms with Gasteiger partial charge in [-0.3, -0.25) is 0 Å². The first-order chi connectivity index (χ1) is 10.2. The van der Waals surface area contributed by atoms with E-state index in [9.17, 15) is 5.11 Å². The molecule has 2 aromatic rings. The number of halogens is 1. The second kappa shape index (κ2) is 5.92. The fourth-order valence-corrected chi connectivity index (χ4v) is 2.31. The van der Waals surface area contributed by atoms with Crippen LogP contribution in [0, 0.1) is 0 Å². The van der Waals surface area contributed by atoms with E-state index >= 15 is 0 Å². The summed E-state index contributed by atoms with van der Waals surface area (Å²) in [5.41, 5.74) is 0. The second-order valence-electron chi connectivity index (χ2n) is 4.79. The smallest absolute Gasteiger partial charge is 0.256 e. The Bertz CT molecular complexity index is 608. The highest BCUT2D eigenvalue weighted by Gasteiger charge is 2.28. The lowest BCUT2D eigenvalue weighted by atomic mass is 10.2. The molecule has 3 heterocycles. The molecule has 9 heteroatoms. The van der Waals surface area contributed by atoms with E-state index in [-0.39, 0.29) is 24.0 Å². The summed E-state index contributed by atoms with van der Waals surface area (Å²) in [5, 5.41) is 13.4. The number of aliphatic hydroxyl groups is 1. The van der Waals surface area contributed by atoms with E-state index in [1.165, 1.54) is 4.68 Å². The Morgan fingerprint density at radius 3 is 2.90 bits per heavy atom. The van der Waals surface area contributed by atoms with Crippen LogP contribution in [0.2, 0.25) is 5.28 Å². The van der Waals surface area contributed by atoms with Crippen molar-refractivity contribution in [2.75, 3.05) is 24.7 Å². The highest BCUT2D eigenvalue weighted by Crippen LogP contribution is 2.20. The van der Waals surface area contributed by atoms with Crippen LogP contribution < -0.4 is 4.90 Å². The molecule has 3 rings (SSSR count). The Kier molecular flexibility index (Phi) is 4.00. The molecule has 0 aromatic carbocycles. The van der Waals surface area contributed by atoms with E-state index in [4.69, 9.17) is 16.3 Å². The van der Waals surface area contributed by atoms with Crippen molar-refractivity contribution in [3.63, 3.8) is 0 Å². The van der Waals surface area contributed by atoms with Gasteiger partial charge in [0.05, 0.1) is 25.4 Å². The predicted molar refractivity (Wildman–Crippen MR) is 75.6 cm³/mol. The van der Waals surface area contributed by atoms with E-state index in [0.29, 0.717) is 25.0 Å². The number of nitrogens with zero attached hydrogens (tertiary/aromatic N) is 6. The van der Waals surface area contributed by atoms with Crippen LogP contribution in [0.5, 0.6) is 0 Å². The highest BCUT2D eigenvalue weighted by molar-refractivity contribution is 6.28. The molecular formula is C12H15ClN6O2. The summed E-state index contributed by atoms with van der Waals surface area (Å²) in [6.07, 6.45) is 3.11. The Labute approximate surface area is 126 Å². The lowest BCUT2D eigenvalue weighted by Gasteiger charge is -2.37. The number of aromatic nitrogens is 5. The molecule has 2 unspecified atom stereocenters. The maximum Gasteiger partial charge on any atom is 0.256 e. The zero-order chi connectivity index (χ0) is 14.8. The molecule has 1 aliphatic heterocycles. The summed E-state index contributed by atoms with van der Waals surface area (Å²) in [6.45, 7) is 2.94. The second-order valence-corrected chi connectivity index (χ2v) is 5.13. The fourth-order valence-electron chi connectivity index (χ4n) is 2.15. The topological polar surface area (TPSA) is 89.2 Å². The summed E-state index contributed by atoms with van der Waals surface area (Å²) in [5.74, 6) is 0.809. The zero-order valence-electron chi connectivity index (χ0n) is 11.4. The van der Waals surface area contributed by atoms with Gasteiger partial charge >= 0.3 is 0 Å². The largest absolute Gasteiger partial charge is 0.394 e. The minimum atomic E-state index is -0.259. The summed E-state index contributed by atoms with van der Waals surface area (Å²) >= 11 is 5.99. The summed E-state index contributed by atoms with van der Waals surface area (Å²) in [6, 6.07) is 1.85. The van der Waals surface area contributed by atoms with Gasteiger partial charge in [0.25, 0.3) is 5.95 Å². The quantitative estimate of drug-likeness (QED) is 0.872. The molecular weight excluding hydrogens is 296 g/mol. The van der Waals surface area contributed by atoms with Gasteiger partial charge in [-0.1, -0.05) is 0 Å². The lowest BCUT2D eigenvalue weighted by Crippen LogP contribution is -2.50. The molecule has 1 fully saturated rings. The fraction of sp³-hybridized carbons (Fsp3) is 0.500. The molecule has 0 bridgehead atoms. The standard InChI is InChI=1S/C12H15ClN6O2/c1-8-7-21-9(6-20)5-18(8)11-15-10(13)16-12(17-11)19-4-2-3-14-19/h2-4,8-9,20H,5-7H2,1H3. The Morgan fingerprint density at radius 1 is 1.38 bits per heavy atom. The van der Waals surface area contributed by atoms with Crippen LogP contribution in [0.4, 0.5) is 5.95 Å². The Hall–Kier alpha value is -1.77. The van der Waals surface area contributed by atoms with E-state index in [1.807, 2.05) is 11.8 Å². The number of aliphatic hydroxyl groups excluding tert-OH is 1. The summed E-state index contributed by atoms with van der Waals surface area (Å²) < 4.78 is 7.03. The third kappa shape index (κ3) is 2.97. The maximum atomic E-state index is 9.26. The number of hydrogen-bond acceptors (Lipinski definition) is 7. The molecule has 21 heavy (non-hydrogen) atoms. The van der Waals surface area contributed by atoms with Crippen LogP contribution in [0.25, 0.3) is 5.95 Å². The van der Waals surface area contributed by atoms with Gasteiger partial charge in [0, 0.05) is 18.9 Å². The number of ether oxygens (including phenoxy) is 1. The van der Waals surface area contributed by atoms with Crippen molar-refractivity contribution >= 4 is 17.5 Å². The van der Waals surface area contributed by atoms with Gasteiger partial charge in [-0.05, 0) is 24.6 Å². The SMILES string of the molecule is CC1COC(CO)CN1c1nc(Cl)nc(-n2cccn2)n1. The molecule has 1 aliphatic rings. The van der Waals surface area contributed by atoms with Crippen LogP contribution in [-0.2, 0) is 4.74 Å². The number of hydrogen-bond donors (Lipinski definition) is 1. The molecule has 1 N–H and O–H groups in total. The first kappa shape index (κ1) is 14.2. The van der Waals surface area contributed by atoms with Crippen LogP contribution in [0.15, 0.2) is 18.5 Å². The molecule has 0 radical (unpaired) electrons. The molecule has 0 spiro atoms. The van der Waals surface area contributed by atoms with Crippen molar-refractivity contribution < 1.29 is 9.84 Å². The molecule has 1 saturated heterocycles. The normalized spacial score (nSPS) is 22.5. The van der Waals surface area contributed by atoms with E-state index in [2.05, 4.69) is 20.1 Å². The lowest BCUT2D eigenvalue weighted by molar-refractivity contribution is -0.0108. The van der Waals surface area contributed by atoms with E-state index in [1.54, 1.807) is 18.5 Å². The molecule has 2 atom stereocenters. The van der Waals surface area contributed by atoms with Crippen LogP contribution in [0.1, 0.15) is 6.92 Å². The average Bonchev–Trinajstić information content (AvgIpc) is 3.01. The van der Waals surface area contributed by atoms with Crippen molar-refractivity contribution in [1.29, 1.82) is 0 Å². The minimum absolute atomic E-state index is 0.0476. The van der Waals surface area contributed by atoms with E-state index in [0.717, 1.165) is 0 Å². The highest BCUT2D eigenvalue weighted by atomic mass is 35.5. The van der Waals surface area contributed by atoms with Crippen LogP contribution in [0.3, 0.4) is 0 Å². The Balaban J connectivity index is 1.94. The Morgan fingerprint density at radius 2 is 2.19 bits per heavy atom. The van der Waals surface area contributed by atoms with Gasteiger partial charge < -0.3 is 14.7 Å².